The summed E-state index contributed by atoms with van der Waals surface area (Å²) in [4.78, 5) is 16.7. The summed E-state index contributed by atoms with van der Waals surface area (Å²) in [5.41, 5.74) is 2.18. The molecule has 1 aromatic heterocycles. The molecule has 6 nitrogen and oxygen atoms in total. The smallest absolute Gasteiger partial charge is 0.257 e. The Kier molecular flexibility index (Phi) is 8.53. The summed E-state index contributed by atoms with van der Waals surface area (Å²) in [6.45, 7) is 2.11. The number of carbonyl (C=O) groups is 1. The van der Waals surface area contributed by atoms with E-state index in [1.165, 1.54) is 0 Å². The highest BCUT2D eigenvalue weighted by Crippen LogP contribution is 2.18. The number of para-hydroxylation sites is 2. The summed E-state index contributed by atoms with van der Waals surface area (Å²) in [6.07, 6.45) is 3.87. The number of aryl methyl sites for hydroxylation is 1. The molecule has 7 heteroatoms. The third kappa shape index (κ3) is 6.47. The average molecular weight is 430 g/mol. The van der Waals surface area contributed by atoms with Gasteiger partial charge in [0.15, 0.2) is 6.61 Å². The molecule has 0 spiro atoms. The Labute approximate surface area is 182 Å². The van der Waals surface area contributed by atoms with Gasteiger partial charge in [0.2, 0.25) is 0 Å². The first-order valence-corrected chi connectivity index (χ1v) is 10.6. The lowest BCUT2D eigenvalue weighted by atomic mass is 10.2. The highest BCUT2D eigenvalue weighted by molar-refractivity contribution is 6.30. The van der Waals surface area contributed by atoms with Gasteiger partial charge in [0.25, 0.3) is 5.91 Å². The molecule has 30 heavy (non-hydrogen) atoms. The topological polar surface area (TPSA) is 65.4 Å². The number of carbonyl (C=O) groups excluding carboxylic acids is 1. The molecular weight excluding hydrogens is 402 g/mol. The van der Waals surface area contributed by atoms with Gasteiger partial charge in [-0.05, 0) is 49.2 Å². The van der Waals surface area contributed by atoms with Gasteiger partial charge in [-0.3, -0.25) is 4.79 Å². The van der Waals surface area contributed by atoms with E-state index >= 15 is 0 Å². The summed E-state index contributed by atoms with van der Waals surface area (Å²) >= 11 is 5.83. The molecule has 0 atom stereocenters. The highest BCUT2D eigenvalue weighted by Gasteiger charge is 2.10. The zero-order chi connectivity index (χ0) is 21.2. The molecule has 1 heterocycles. The predicted molar refractivity (Wildman–Crippen MR) is 119 cm³/mol. The van der Waals surface area contributed by atoms with Crippen LogP contribution in [0, 0.1) is 0 Å². The van der Waals surface area contributed by atoms with Gasteiger partial charge in [0.05, 0.1) is 17.6 Å². The monoisotopic (exact) mass is 429 g/mol. The molecule has 0 radical (unpaired) electrons. The molecule has 0 saturated carbocycles. The number of aromatic nitrogens is 2. The number of nitrogens with zero attached hydrogens (tertiary/aromatic N) is 2. The van der Waals surface area contributed by atoms with Crippen molar-refractivity contribution in [3.63, 3.8) is 0 Å². The number of fused-ring (bicyclic) bond motifs is 1. The second-order valence-corrected chi connectivity index (χ2v) is 7.50. The van der Waals surface area contributed by atoms with Crippen LogP contribution in [0.25, 0.3) is 11.0 Å². The van der Waals surface area contributed by atoms with Crippen molar-refractivity contribution in [2.24, 2.45) is 0 Å². The van der Waals surface area contributed by atoms with Crippen LogP contribution < -0.4 is 10.1 Å². The number of benzene rings is 2. The van der Waals surface area contributed by atoms with Gasteiger partial charge in [-0.25, -0.2) is 4.98 Å². The van der Waals surface area contributed by atoms with Crippen LogP contribution in [0.3, 0.4) is 0 Å². The summed E-state index contributed by atoms with van der Waals surface area (Å²) in [7, 11) is 1.72. The lowest BCUT2D eigenvalue weighted by Crippen LogP contribution is -2.29. The van der Waals surface area contributed by atoms with E-state index < -0.39 is 0 Å². The molecule has 0 saturated heterocycles. The van der Waals surface area contributed by atoms with Gasteiger partial charge in [-0.2, -0.15) is 0 Å². The Balaban J connectivity index is 1.36. The van der Waals surface area contributed by atoms with Crippen LogP contribution in [0.2, 0.25) is 5.02 Å². The van der Waals surface area contributed by atoms with Crippen LogP contribution in [0.5, 0.6) is 5.75 Å². The molecule has 3 rings (SSSR count). The van der Waals surface area contributed by atoms with E-state index in [4.69, 9.17) is 26.1 Å². The molecule has 0 bridgehead atoms. The van der Waals surface area contributed by atoms with Crippen molar-refractivity contribution in [3.05, 3.63) is 59.4 Å². The van der Waals surface area contributed by atoms with Gasteiger partial charge < -0.3 is 19.4 Å². The molecule has 0 unspecified atom stereocenters. The third-order valence-electron chi connectivity index (χ3n) is 4.84. The molecule has 0 fully saturated rings. The van der Waals surface area contributed by atoms with Crippen LogP contribution >= 0.6 is 11.6 Å². The summed E-state index contributed by atoms with van der Waals surface area (Å²) in [6, 6.07) is 15.2. The first-order valence-electron chi connectivity index (χ1n) is 10.3. The molecule has 0 aliphatic heterocycles. The number of amides is 1. The standard InChI is InChI=1S/C23H28ClN3O3/c1-29-16-15-27-21-8-5-4-7-20(21)26-22(27)9-3-2-6-14-25-23(28)17-30-19-12-10-18(24)11-13-19/h4-5,7-8,10-13H,2-3,6,9,14-17H2,1H3,(H,25,28). The number of hydrogen-bond acceptors (Lipinski definition) is 4. The zero-order valence-electron chi connectivity index (χ0n) is 17.3. The molecular formula is C23H28ClN3O3. The minimum absolute atomic E-state index is 0.00512. The van der Waals surface area contributed by atoms with Crippen molar-refractivity contribution in [2.45, 2.75) is 32.2 Å². The molecule has 3 aromatic rings. The first kappa shape index (κ1) is 22.1. The Bertz CT molecular complexity index is 941. The fourth-order valence-electron chi connectivity index (χ4n) is 3.29. The maximum Gasteiger partial charge on any atom is 0.257 e. The van der Waals surface area contributed by atoms with E-state index in [0.29, 0.717) is 23.9 Å². The van der Waals surface area contributed by atoms with Crippen molar-refractivity contribution >= 4 is 28.5 Å². The van der Waals surface area contributed by atoms with E-state index in [1.807, 2.05) is 18.2 Å². The summed E-state index contributed by atoms with van der Waals surface area (Å²) < 4.78 is 12.9. The van der Waals surface area contributed by atoms with Crippen LogP contribution in [-0.4, -0.2) is 42.3 Å². The molecule has 2 aromatic carbocycles. The number of rotatable bonds is 12. The quantitative estimate of drug-likeness (QED) is 0.437. The maximum atomic E-state index is 11.9. The minimum atomic E-state index is -0.119. The average Bonchev–Trinajstić information content (AvgIpc) is 3.11. The molecule has 1 amide bonds. The third-order valence-corrected chi connectivity index (χ3v) is 5.09. The van der Waals surface area contributed by atoms with Crippen molar-refractivity contribution in [1.29, 1.82) is 0 Å². The van der Waals surface area contributed by atoms with Crippen molar-refractivity contribution in [2.75, 3.05) is 26.9 Å². The number of methoxy groups -OCH3 is 1. The van der Waals surface area contributed by atoms with Crippen molar-refractivity contribution < 1.29 is 14.3 Å². The van der Waals surface area contributed by atoms with Crippen LogP contribution in [0.15, 0.2) is 48.5 Å². The first-order chi connectivity index (χ1) is 14.7. The van der Waals surface area contributed by atoms with Crippen LogP contribution in [0.1, 0.15) is 25.1 Å². The number of ether oxygens (including phenoxy) is 2. The van der Waals surface area contributed by atoms with Gasteiger partial charge in [-0.15, -0.1) is 0 Å². The largest absolute Gasteiger partial charge is 0.484 e. The molecule has 0 aliphatic rings. The lowest BCUT2D eigenvalue weighted by Gasteiger charge is -2.09. The zero-order valence-corrected chi connectivity index (χ0v) is 18.0. The number of imidazole rings is 1. The Hall–Kier alpha value is -2.57. The van der Waals surface area contributed by atoms with Crippen molar-refractivity contribution in [3.8, 4) is 5.75 Å². The van der Waals surface area contributed by atoms with Gasteiger partial charge >= 0.3 is 0 Å². The highest BCUT2D eigenvalue weighted by atomic mass is 35.5. The van der Waals surface area contributed by atoms with Gasteiger partial charge in [0, 0.05) is 31.6 Å². The molecule has 1 N–H and O–H groups in total. The fourth-order valence-corrected chi connectivity index (χ4v) is 3.42. The molecule has 160 valence electrons. The predicted octanol–water partition coefficient (Wildman–Crippen LogP) is 4.24. The summed E-state index contributed by atoms with van der Waals surface area (Å²) in [5, 5.41) is 3.54. The number of halogens is 1. The normalized spacial score (nSPS) is 11.0. The van der Waals surface area contributed by atoms with E-state index in [9.17, 15) is 4.79 Å². The molecule has 0 aliphatic carbocycles. The second kappa shape index (κ2) is 11.6. The van der Waals surface area contributed by atoms with Crippen molar-refractivity contribution in [1.82, 2.24) is 14.9 Å². The van der Waals surface area contributed by atoms with Gasteiger partial charge in [-0.1, -0.05) is 30.2 Å². The van der Waals surface area contributed by atoms with Crippen LogP contribution in [0.4, 0.5) is 0 Å². The Morgan fingerprint density at radius 3 is 2.70 bits per heavy atom. The van der Waals surface area contributed by atoms with Crippen LogP contribution in [-0.2, 0) is 22.5 Å². The number of nitrogens with one attached hydrogen (secondary N) is 1. The van der Waals surface area contributed by atoms with E-state index in [-0.39, 0.29) is 12.5 Å². The Morgan fingerprint density at radius 2 is 1.90 bits per heavy atom. The lowest BCUT2D eigenvalue weighted by molar-refractivity contribution is -0.123. The Morgan fingerprint density at radius 1 is 1.10 bits per heavy atom. The fraction of sp³-hybridized carbons (Fsp3) is 0.391. The van der Waals surface area contributed by atoms with E-state index in [1.54, 1.807) is 31.4 Å². The van der Waals surface area contributed by atoms with E-state index in [0.717, 1.165) is 49.1 Å². The SMILES string of the molecule is COCCn1c(CCCCCNC(=O)COc2ccc(Cl)cc2)nc2ccccc21. The second-order valence-electron chi connectivity index (χ2n) is 7.06. The van der Waals surface area contributed by atoms with Gasteiger partial charge in [0.1, 0.15) is 11.6 Å². The van der Waals surface area contributed by atoms with E-state index in [2.05, 4.69) is 16.0 Å². The maximum absolute atomic E-state index is 11.9. The summed E-state index contributed by atoms with van der Waals surface area (Å²) in [5.74, 6) is 1.60. The number of hydrogen-bond donors (Lipinski definition) is 1. The minimum Gasteiger partial charge on any atom is -0.484 e. The number of unbranched alkanes of at least 4 members (excludes halogenated alkanes) is 2.